The molecule has 2 aromatic carbocycles. The van der Waals surface area contributed by atoms with E-state index in [9.17, 15) is 9.00 Å². The van der Waals surface area contributed by atoms with Gasteiger partial charge in [0.05, 0.1) is 29.1 Å². The molecule has 7 heteroatoms. The number of hydrogen-bond donors (Lipinski definition) is 0. The highest BCUT2D eigenvalue weighted by molar-refractivity contribution is 7.84. The van der Waals surface area contributed by atoms with E-state index < -0.39 is 10.8 Å². The van der Waals surface area contributed by atoms with Crippen molar-refractivity contribution in [1.29, 1.82) is 0 Å². The largest absolute Gasteiger partial charge is 0.490 e. The van der Waals surface area contributed by atoms with Crippen LogP contribution in [0.1, 0.15) is 24.2 Å². The zero-order valence-electron chi connectivity index (χ0n) is 18.1. The van der Waals surface area contributed by atoms with Crippen molar-refractivity contribution in [3.8, 4) is 5.75 Å². The first-order chi connectivity index (χ1) is 14.9. The van der Waals surface area contributed by atoms with Crippen LogP contribution < -0.4 is 9.64 Å². The standard InChI is InChI=1S/C24H27N3O3S/c1-17(2)30-23-9-8-20(31(3)29)15-21(23)24(28)27-12-10-26(11-13-27)19-14-18-6-4-5-7-22(18)25-16-19/h4-9,14-17H,10-13H2,1-3H3. The number of fused-ring (bicyclic) bond motifs is 1. The average Bonchev–Trinajstić information content (AvgIpc) is 2.78. The summed E-state index contributed by atoms with van der Waals surface area (Å²) in [6.07, 6.45) is 3.46. The molecule has 0 N–H and O–H groups in total. The molecule has 0 radical (unpaired) electrons. The summed E-state index contributed by atoms with van der Waals surface area (Å²) in [7, 11) is -1.17. The summed E-state index contributed by atoms with van der Waals surface area (Å²) in [6.45, 7) is 6.52. The second-order valence-corrected chi connectivity index (χ2v) is 9.32. The van der Waals surface area contributed by atoms with Gasteiger partial charge in [-0.05, 0) is 44.2 Å². The molecule has 1 fully saturated rings. The Labute approximate surface area is 185 Å². The molecule has 1 aromatic heterocycles. The highest BCUT2D eigenvalue weighted by atomic mass is 32.2. The number of piperazine rings is 1. The molecule has 1 aliphatic rings. The highest BCUT2D eigenvalue weighted by Gasteiger charge is 2.25. The van der Waals surface area contributed by atoms with E-state index in [2.05, 4.69) is 22.0 Å². The third kappa shape index (κ3) is 4.71. The van der Waals surface area contributed by atoms with Gasteiger partial charge >= 0.3 is 0 Å². The summed E-state index contributed by atoms with van der Waals surface area (Å²) in [4.78, 5) is 22.6. The van der Waals surface area contributed by atoms with E-state index in [1.807, 2.05) is 43.1 Å². The molecular weight excluding hydrogens is 410 g/mol. The molecule has 3 aromatic rings. The Bertz CT molecular complexity index is 1120. The van der Waals surface area contributed by atoms with E-state index in [1.54, 1.807) is 24.5 Å². The number of nitrogens with zero attached hydrogens (tertiary/aromatic N) is 3. The van der Waals surface area contributed by atoms with Crippen LogP contribution in [-0.4, -0.2) is 58.5 Å². The van der Waals surface area contributed by atoms with Crippen molar-refractivity contribution in [3.63, 3.8) is 0 Å². The van der Waals surface area contributed by atoms with E-state index in [0.29, 0.717) is 29.3 Å². The van der Waals surface area contributed by atoms with Gasteiger partial charge in [0.15, 0.2) is 0 Å². The van der Waals surface area contributed by atoms with Crippen LogP contribution in [0.5, 0.6) is 5.75 Å². The highest BCUT2D eigenvalue weighted by Crippen LogP contribution is 2.26. The maximum Gasteiger partial charge on any atom is 0.257 e. The Balaban J connectivity index is 1.51. The van der Waals surface area contributed by atoms with E-state index in [1.165, 1.54) is 0 Å². The first-order valence-corrected chi connectivity index (χ1v) is 12.0. The number of rotatable bonds is 5. The Morgan fingerprint density at radius 3 is 2.52 bits per heavy atom. The summed E-state index contributed by atoms with van der Waals surface area (Å²) in [5.41, 5.74) is 2.52. The first kappa shape index (κ1) is 21.3. The van der Waals surface area contributed by atoms with Gasteiger partial charge in [0.25, 0.3) is 5.91 Å². The molecule has 162 valence electrons. The number of hydrogen-bond acceptors (Lipinski definition) is 5. The van der Waals surface area contributed by atoms with Crippen molar-refractivity contribution < 1.29 is 13.7 Å². The lowest BCUT2D eigenvalue weighted by Gasteiger charge is -2.36. The molecule has 0 saturated carbocycles. The molecule has 1 saturated heterocycles. The molecule has 2 heterocycles. The lowest BCUT2D eigenvalue weighted by molar-refractivity contribution is 0.0740. The maximum atomic E-state index is 13.3. The Kier molecular flexibility index (Phi) is 6.23. The number of aromatic nitrogens is 1. The van der Waals surface area contributed by atoms with Crippen molar-refractivity contribution in [2.45, 2.75) is 24.8 Å². The minimum absolute atomic E-state index is 0.0539. The fourth-order valence-corrected chi connectivity index (χ4v) is 4.33. The molecule has 0 spiro atoms. The quantitative estimate of drug-likeness (QED) is 0.609. The summed E-state index contributed by atoms with van der Waals surface area (Å²) < 4.78 is 17.8. The van der Waals surface area contributed by atoms with Gasteiger partial charge in [-0.25, -0.2) is 0 Å². The first-order valence-electron chi connectivity index (χ1n) is 10.5. The lowest BCUT2D eigenvalue weighted by atomic mass is 10.1. The third-order valence-electron chi connectivity index (χ3n) is 5.38. The second-order valence-electron chi connectivity index (χ2n) is 7.94. The van der Waals surface area contributed by atoms with Crippen LogP contribution in [0.2, 0.25) is 0 Å². The number of pyridine rings is 1. The van der Waals surface area contributed by atoms with Crippen molar-refractivity contribution in [3.05, 3.63) is 60.3 Å². The summed E-state index contributed by atoms with van der Waals surface area (Å²) in [6, 6.07) is 15.4. The SMILES string of the molecule is CC(C)Oc1ccc(S(C)=O)cc1C(=O)N1CCN(c2cnc3ccccc3c2)CC1. The monoisotopic (exact) mass is 437 g/mol. The fraction of sp³-hybridized carbons (Fsp3) is 0.333. The number of ether oxygens (including phenoxy) is 1. The van der Waals surface area contributed by atoms with Gasteiger partial charge in [-0.1, -0.05) is 18.2 Å². The van der Waals surface area contributed by atoms with Crippen LogP contribution >= 0.6 is 0 Å². The van der Waals surface area contributed by atoms with Crippen LogP contribution in [0.25, 0.3) is 10.9 Å². The molecule has 6 nitrogen and oxygen atoms in total. The van der Waals surface area contributed by atoms with Crippen molar-refractivity contribution in [1.82, 2.24) is 9.88 Å². The molecule has 1 atom stereocenters. The number of benzene rings is 2. The summed E-state index contributed by atoms with van der Waals surface area (Å²) in [5.74, 6) is 0.453. The maximum absolute atomic E-state index is 13.3. The van der Waals surface area contributed by atoms with E-state index in [-0.39, 0.29) is 12.0 Å². The molecular formula is C24H27N3O3S. The Hall–Kier alpha value is -2.93. The minimum atomic E-state index is -1.17. The zero-order chi connectivity index (χ0) is 22.0. The zero-order valence-corrected chi connectivity index (χ0v) is 18.9. The predicted molar refractivity (Wildman–Crippen MR) is 124 cm³/mol. The van der Waals surface area contributed by atoms with Gasteiger partial charge in [0.2, 0.25) is 0 Å². The summed E-state index contributed by atoms with van der Waals surface area (Å²) >= 11 is 0. The topological polar surface area (TPSA) is 62.7 Å². The number of carbonyl (C=O) groups is 1. The van der Waals surface area contributed by atoms with Crippen molar-refractivity contribution >= 4 is 33.3 Å². The molecule has 1 amide bonds. The van der Waals surface area contributed by atoms with Crippen LogP contribution in [-0.2, 0) is 10.8 Å². The number of anilines is 1. The molecule has 0 bridgehead atoms. The smallest absolute Gasteiger partial charge is 0.257 e. The molecule has 1 aliphatic heterocycles. The average molecular weight is 438 g/mol. The predicted octanol–water partition coefficient (Wildman–Crippen LogP) is 3.72. The van der Waals surface area contributed by atoms with Crippen molar-refractivity contribution in [2.24, 2.45) is 0 Å². The molecule has 4 rings (SSSR count). The van der Waals surface area contributed by atoms with E-state index >= 15 is 0 Å². The number of para-hydroxylation sites is 1. The van der Waals surface area contributed by atoms with Gasteiger partial charge in [-0.3, -0.25) is 14.0 Å². The van der Waals surface area contributed by atoms with Crippen LogP contribution in [0.15, 0.2) is 59.6 Å². The minimum Gasteiger partial charge on any atom is -0.490 e. The van der Waals surface area contributed by atoms with Gasteiger partial charge in [0.1, 0.15) is 5.75 Å². The second kappa shape index (κ2) is 9.06. The van der Waals surface area contributed by atoms with Gasteiger partial charge < -0.3 is 14.5 Å². The van der Waals surface area contributed by atoms with E-state index in [0.717, 1.165) is 29.7 Å². The van der Waals surface area contributed by atoms with Crippen molar-refractivity contribution in [2.75, 3.05) is 37.3 Å². The fourth-order valence-electron chi connectivity index (χ4n) is 3.78. The molecule has 1 unspecified atom stereocenters. The number of carbonyl (C=O) groups excluding carboxylic acids is 1. The van der Waals surface area contributed by atoms with Gasteiger partial charge in [-0.2, -0.15) is 0 Å². The number of amides is 1. The van der Waals surface area contributed by atoms with Crippen LogP contribution in [0.4, 0.5) is 5.69 Å². The van der Waals surface area contributed by atoms with Crippen LogP contribution in [0.3, 0.4) is 0 Å². The third-order valence-corrected chi connectivity index (χ3v) is 6.30. The molecule has 31 heavy (non-hydrogen) atoms. The Morgan fingerprint density at radius 2 is 1.81 bits per heavy atom. The van der Waals surface area contributed by atoms with Gasteiger partial charge in [-0.15, -0.1) is 0 Å². The van der Waals surface area contributed by atoms with E-state index in [4.69, 9.17) is 4.74 Å². The van der Waals surface area contributed by atoms with Crippen LogP contribution in [0, 0.1) is 0 Å². The van der Waals surface area contributed by atoms with Gasteiger partial charge in [0, 0.05) is 53.5 Å². The normalized spacial score (nSPS) is 15.4. The Morgan fingerprint density at radius 1 is 1.06 bits per heavy atom. The summed E-state index contributed by atoms with van der Waals surface area (Å²) in [5, 5.41) is 1.11. The lowest BCUT2D eigenvalue weighted by Crippen LogP contribution is -2.49. The molecule has 0 aliphatic carbocycles.